The van der Waals surface area contributed by atoms with E-state index in [9.17, 15) is 22.8 Å². The molecule has 1 N–H and O–H groups in total. The van der Waals surface area contributed by atoms with Crippen LogP contribution in [0, 0.1) is 0 Å². The Morgan fingerprint density at radius 3 is 2.54 bits per heavy atom. The molecule has 3 aromatic rings. The molecule has 2 heterocycles. The number of hydrogen-bond acceptors (Lipinski definition) is 2. The Hall–Kier alpha value is -3.03. The number of fused-ring (bicyclic) bond motifs is 1. The number of amides is 1. The number of nitrogens with zero attached hydrogens (tertiary/aromatic N) is 2. The van der Waals surface area contributed by atoms with Crippen molar-refractivity contribution in [3.8, 4) is 0 Å². The lowest BCUT2D eigenvalue weighted by Gasteiger charge is -2.11. The number of pyridine rings is 1. The summed E-state index contributed by atoms with van der Waals surface area (Å²) < 4.78 is 41.3. The highest BCUT2D eigenvalue weighted by Gasteiger charge is 2.30. The Morgan fingerprint density at radius 1 is 1.12 bits per heavy atom. The van der Waals surface area contributed by atoms with Gasteiger partial charge in [-0.1, -0.05) is 6.07 Å². The van der Waals surface area contributed by atoms with Crippen molar-refractivity contribution in [1.82, 2.24) is 9.13 Å². The van der Waals surface area contributed by atoms with E-state index < -0.39 is 17.6 Å². The monoisotopic (exact) mass is 363 g/mol. The number of rotatable bonds is 4. The van der Waals surface area contributed by atoms with Crippen molar-refractivity contribution in [2.45, 2.75) is 26.2 Å². The number of alkyl halides is 3. The van der Waals surface area contributed by atoms with Crippen LogP contribution in [-0.4, -0.2) is 15.0 Å². The average Bonchev–Trinajstić information content (AvgIpc) is 2.98. The molecule has 0 radical (unpaired) electrons. The Morgan fingerprint density at radius 2 is 1.85 bits per heavy atom. The third kappa shape index (κ3) is 3.49. The van der Waals surface area contributed by atoms with Crippen LogP contribution in [0.3, 0.4) is 0 Å². The second-order valence-corrected chi connectivity index (χ2v) is 5.78. The molecule has 2 aromatic heterocycles. The van der Waals surface area contributed by atoms with E-state index in [1.54, 1.807) is 33.7 Å². The zero-order chi connectivity index (χ0) is 18.9. The summed E-state index contributed by atoms with van der Waals surface area (Å²) in [6.07, 6.45) is -1.22. The minimum absolute atomic E-state index is 0.0645. The van der Waals surface area contributed by atoms with Crippen LogP contribution < -0.4 is 10.9 Å². The summed E-state index contributed by atoms with van der Waals surface area (Å²) in [6, 6.07) is 7.80. The van der Waals surface area contributed by atoms with E-state index in [-0.39, 0.29) is 17.8 Å². The van der Waals surface area contributed by atoms with Crippen LogP contribution in [0.2, 0.25) is 0 Å². The Kier molecular flexibility index (Phi) is 4.58. The van der Waals surface area contributed by atoms with Crippen LogP contribution in [0.1, 0.15) is 12.5 Å². The first-order valence-electron chi connectivity index (χ1n) is 7.95. The van der Waals surface area contributed by atoms with Crippen LogP contribution in [0.4, 0.5) is 18.9 Å². The molecular weight excluding hydrogens is 347 g/mol. The standard InChI is InChI=1S/C18H16F3N3O2/c1-2-23-9-7-15-14(17(23)26)6-8-24(15)11-16(25)22-13-5-3-4-12(10-13)18(19,20)21/h3-10H,2,11H2,1H3,(H,22,25). The van der Waals surface area contributed by atoms with Crippen molar-refractivity contribution >= 4 is 22.5 Å². The third-order valence-electron chi connectivity index (χ3n) is 4.04. The minimum Gasteiger partial charge on any atom is -0.338 e. The quantitative estimate of drug-likeness (QED) is 0.772. The lowest BCUT2D eigenvalue weighted by atomic mass is 10.2. The fourth-order valence-corrected chi connectivity index (χ4v) is 2.75. The average molecular weight is 363 g/mol. The van der Waals surface area contributed by atoms with Crippen molar-refractivity contribution in [2.24, 2.45) is 0 Å². The molecule has 3 rings (SSSR count). The predicted molar refractivity (Wildman–Crippen MR) is 91.9 cm³/mol. The molecule has 0 saturated carbocycles. The first kappa shape index (κ1) is 17.8. The minimum atomic E-state index is -4.48. The highest BCUT2D eigenvalue weighted by Crippen LogP contribution is 2.30. The lowest BCUT2D eigenvalue weighted by molar-refractivity contribution is -0.137. The molecule has 0 saturated heterocycles. The van der Waals surface area contributed by atoms with Crippen LogP contribution in [0.5, 0.6) is 0 Å². The van der Waals surface area contributed by atoms with Crippen LogP contribution in [0.15, 0.2) is 53.6 Å². The molecule has 0 bridgehead atoms. The smallest absolute Gasteiger partial charge is 0.338 e. The van der Waals surface area contributed by atoms with Crippen molar-refractivity contribution in [3.63, 3.8) is 0 Å². The van der Waals surface area contributed by atoms with Gasteiger partial charge in [0.15, 0.2) is 0 Å². The maximum absolute atomic E-state index is 12.7. The van der Waals surface area contributed by atoms with E-state index in [2.05, 4.69) is 5.32 Å². The molecule has 136 valence electrons. The van der Waals surface area contributed by atoms with Gasteiger partial charge in [0.1, 0.15) is 6.54 Å². The normalized spacial score (nSPS) is 11.7. The largest absolute Gasteiger partial charge is 0.416 e. The highest BCUT2D eigenvalue weighted by atomic mass is 19.4. The van der Waals surface area contributed by atoms with Gasteiger partial charge in [0.05, 0.1) is 16.5 Å². The van der Waals surface area contributed by atoms with Gasteiger partial charge in [-0.25, -0.2) is 0 Å². The molecule has 0 aliphatic rings. The lowest BCUT2D eigenvalue weighted by Crippen LogP contribution is -2.20. The van der Waals surface area contributed by atoms with Gasteiger partial charge in [-0.2, -0.15) is 13.2 Å². The molecule has 0 aliphatic heterocycles. The molecule has 26 heavy (non-hydrogen) atoms. The SMILES string of the molecule is CCn1ccc2c(ccn2CC(=O)Nc2cccc(C(F)(F)F)c2)c1=O. The molecule has 0 spiro atoms. The highest BCUT2D eigenvalue weighted by molar-refractivity contribution is 5.92. The van der Waals surface area contributed by atoms with Gasteiger partial charge in [-0.15, -0.1) is 0 Å². The summed E-state index contributed by atoms with van der Waals surface area (Å²) in [6.45, 7) is 2.28. The van der Waals surface area contributed by atoms with Crippen LogP contribution >= 0.6 is 0 Å². The van der Waals surface area contributed by atoms with Gasteiger partial charge in [-0.05, 0) is 37.3 Å². The molecular formula is C18H16F3N3O2. The van der Waals surface area contributed by atoms with E-state index in [1.165, 1.54) is 12.1 Å². The van der Waals surface area contributed by atoms with Gasteiger partial charge in [0.25, 0.3) is 5.56 Å². The first-order chi connectivity index (χ1) is 12.3. The van der Waals surface area contributed by atoms with E-state index in [4.69, 9.17) is 0 Å². The molecule has 0 fully saturated rings. The van der Waals surface area contributed by atoms with E-state index in [1.807, 2.05) is 6.92 Å². The number of carbonyl (C=O) groups is 1. The van der Waals surface area contributed by atoms with E-state index in [0.717, 1.165) is 12.1 Å². The number of anilines is 1. The number of halogens is 3. The molecule has 8 heteroatoms. The van der Waals surface area contributed by atoms with Gasteiger partial charge in [0, 0.05) is 24.6 Å². The molecule has 0 aliphatic carbocycles. The predicted octanol–water partition coefficient (Wildman–Crippen LogP) is 3.48. The van der Waals surface area contributed by atoms with E-state index >= 15 is 0 Å². The summed E-state index contributed by atoms with van der Waals surface area (Å²) in [4.78, 5) is 24.4. The number of aryl methyl sites for hydroxylation is 1. The molecule has 0 unspecified atom stereocenters. The Labute approximate surface area is 146 Å². The second-order valence-electron chi connectivity index (χ2n) is 5.78. The van der Waals surface area contributed by atoms with Gasteiger partial charge in [0.2, 0.25) is 5.91 Å². The maximum atomic E-state index is 12.7. The topological polar surface area (TPSA) is 56.0 Å². The maximum Gasteiger partial charge on any atom is 0.416 e. The van der Waals surface area contributed by atoms with Crippen molar-refractivity contribution in [3.05, 3.63) is 64.7 Å². The van der Waals surface area contributed by atoms with E-state index in [0.29, 0.717) is 17.4 Å². The summed E-state index contributed by atoms with van der Waals surface area (Å²) in [5.41, 5.74) is -0.322. The summed E-state index contributed by atoms with van der Waals surface area (Å²) in [5, 5.41) is 2.94. The fourth-order valence-electron chi connectivity index (χ4n) is 2.75. The van der Waals surface area contributed by atoms with Crippen LogP contribution in [0.25, 0.3) is 10.9 Å². The molecule has 0 atom stereocenters. The summed E-state index contributed by atoms with van der Waals surface area (Å²) >= 11 is 0. The molecule has 5 nitrogen and oxygen atoms in total. The first-order valence-corrected chi connectivity index (χ1v) is 7.95. The van der Waals surface area contributed by atoms with Gasteiger partial charge < -0.3 is 14.5 Å². The zero-order valence-electron chi connectivity index (χ0n) is 13.9. The van der Waals surface area contributed by atoms with Crippen molar-refractivity contribution in [2.75, 3.05) is 5.32 Å². The Bertz CT molecular complexity index is 1020. The molecule has 1 amide bonds. The number of aromatic nitrogens is 2. The second kappa shape index (κ2) is 6.70. The Balaban J connectivity index is 1.80. The van der Waals surface area contributed by atoms with Crippen molar-refractivity contribution < 1.29 is 18.0 Å². The third-order valence-corrected chi connectivity index (χ3v) is 4.04. The van der Waals surface area contributed by atoms with Gasteiger partial charge in [-0.3, -0.25) is 9.59 Å². The fraction of sp³-hybridized carbons (Fsp3) is 0.222. The van der Waals surface area contributed by atoms with Gasteiger partial charge >= 0.3 is 6.18 Å². The summed E-state index contributed by atoms with van der Waals surface area (Å²) in [7, 11) is 0. The number of carbonyl (C=O) groups excluding carboxylic acids is 1. The van der Waals surface area contributed by atoms with Crippen molar-refractivity contribution in [1.29, 1.82) is 0 Å². The van der Waals surface area contributed by atoms with Crippen LogP contribution in [-0.2, 0) is 24.1 Å². The summed E-state index contributed by atoms with van der Waals surface area (Å²) in [5.74, 6) is -0.485. The molecule has 1 aromatic carbocycles. The number of nitrogens with one attached hydrogen (secondary N) is 1. The number of benzene rings is 1. The zero-order valence-corrected chi connectivity index (χ0v) is 13.9. The number of hydrogen-bond donors (Lipinski definition) is 1.